The molecule has 0 unspecified atom stereocenters. The lowest BCUT2D eigenvalue weighted by Gasteiger charge is -2.34. The van der Waals surface area contributed by atoms with E-state index in [0.717, 1.165) is 25.2 Å². The fourth-order valence-corrected chi connectivity index (χ4v) is 3.16. The fraction of sp³-hybridized carbons (Fsp3) is 0.500. The van der Waals surface area contributed by atoms with Crippen LogP contribution < -0.4 is 4.74 Å². The molecule has 0 bridgehead atoms. The van der Waals surface area contributed by atoms with E-state index in [1.807, 2.05) is 17.3 Å². The van der Waals surface area contributed by atoms with Crippen molar-refractivity contribution < 1.29 is 9.53 Å². The number of rotatable bonds is 5. The van der Waals surface area contributed by atoms with Crippen LogP contribution in [-0.2, 0) is 4.79 Å². The van der Waals surface area contributed by atoms with Crippen LogP contribution in [0.1, 0.15) is 44.5 Å². The SMILES string of the molecule is CC(C)c1nccn1[C@H]1CCCN(C(=O)COc2cccnc2)C1. The molecule has 2 aromatic heterocycles. The van der Waals surface area contributed by atoms with Gasteiger partial charge in [0.25, 0.3) is 5.91 Å². The summed E-state index contributed by atoms with van der Waals surface area (Å²) in [5.74, 6) is 2.10. The van der Waals surface area contributed by atoms with Gasteiger partial charge in [-0.1, -0.05) is 13.8 Å². The number of amides is 1. The van der Waals surface area contributed by atoms with Gasteiger partial charge in [0, 0.05) is 37.6 Å². The summed E-state index contributed by atoms with van der Waals surface area (Å²) in [6.07, 6.45) is 9.25. The van der Waals surface area contributed by atoms with Gasteiger partial charge in [0.1, 0.15) is 11.6 Å². The molecular weight excluding hydrogens is 304 g/mol. The van der Waals surface area contributed by atoms with Crippen molar-refractivity contribution in [1.82, 2.24) is 19.4 Å². The third-order valence-corrected chi connectivity index (χ3v) is 4.35. The molecule has 1 aliphatic heterocycles. The van der Waals surface area contributed by atoms with E-state index in [0.29, 0.717) is 24.3 Å². The Labute approximate surface area is 142 Å². The molecule has 128 valence electrons. The Balaban J connectivity index is 1.60. The van der Waals surface area contributed by atoms with Crippen molar-refractivity contribution in [3.63, 3.8) is 0 Å². The number of nitrogens with zero attached hydrogens (tertiary/aromatic N) is 4. The van der Waals surface area contributed by atoms with Crippen LogP contribution in [0.2, 0.25) is 0 Å². The second-order valence-electron chi connectivity index (χ2n) is 6.46. The molecule has 2 aromatic rings. The smallest absolute Gasteiger partial charge is 0.260 e. The molecule has 6 nitrogen and oxygen atoms in total. The molecular formula is C18H24N4O2. The molecule has 6 heteroatoms. The summed E-state index contributed by atoms with van der Waals surface area (Å²) in [6, 6.07) is 3.89. The first-order chi connectivity index (χ1) is 11.6. The highest BCUT2D eigenvalue weighted by Crippen LogP contribution is 2.25. The zero-order valence-corrected chi connectivity index (χ0v) is 14.3. The van der Waals surface area contributed by atoms with Crippen molar-refractivity contribution in [3.05, 3.63) is 42.7 Å². The van der Waals surface area contributed by atoms with Gasteiger partial charge in [0.2, 0.25) is 0 Å². The van der Waals surface area contributed by atoms with E-state index < -0.39 is 0 Å². The second-order valence-corrected chi connectivity index (χ2v) is 6.46. The van der Waals surface area contributed by atoms with E-state index in [4.69, 9.17) is 4.74 Å². The largest absolute Gasteiger partial charge is 0.482 e. The third kappa shape index (κ3) is 3.75. The molecule has 0 radical (unpaired) electrons. The summed E-state index contributed by atoms with van der Waals surface area (Å²) >= 11 is 0. The number of ether oxygens (including phenoxy) is 1. The molecule has 0 N–H and O–H groups in total. The number of imidazole rings is 1. The Hall–Kier alpha value is -2.37. The maximum absolute atomic E-state index is 12.5. The van der Waals surface area contributed by atoms with E-state index in [-0.39, 0.29) is 12.5 Å². The quantitative estimate of drug-likeness (QED) is 0.846. The number of pyridine rings is 1. The van der Waals surface area contributed by atoms with Crippen LogP contribution in [0.25, 0.3) is 0 Å². The van der Waals surface area contributed by atoms with Crippen molar-refractivity contribution >= 4 is 5.91 Å². The Morgan fingerprint density at radius 2 is 2.29 bits per heavy atom. The summed E-state index contributed by atoms with van der Waals surface area (Å²) in [5, 5.41) is 0. The van der Waals surface area contributed by atoms with Crippen molar-refractivity contribution in [2.45, 2.75) is 38.6 Å². The highest BCUT2D eigenvalue weighted by Gasteiger charge is 2.26. The molecule has 3 rings (SSSR count). The average molecular weight is 328 g/mol. The molecule has 1 amide bonds. The zero-order chi connectivity index (χ0) is 16.9. The molecule has 0 aliphatic carbocycles. The lowest BCUT2D eigenvalue weighted by atomic mass is 10.0. The van der Waals surface area contributed by atoms with Gasteiger partial charge in [-0.25, -0.2) is 4.98 Å². The first kappa shape index (κ1) is 16.5. The zero-order valence-electron chi connectivity index (χ0n) is 14.3. The lowest BCUT2D eigenvalue weighted by Crippen LogP contribution is -2.43. The van der Waals surface area contributed by atoms with Crippen LogP contribution in [0.4, 0.5) is 0 Å². The second kappa shape index (κ2) is 7.47. The van der Waals surface area contributed by atoms with Crippen LogP contribution in [0.15, 0.2) is 36.9 Å². The molecule has 3 heterocycles. The monoisotopic (exact) mass is 328 g/mol. The standard InChI is InChI=1S/C18H24N4O2/c1-14(2)18-20-8-10-22(18)15-5-4-9-21(12-15)17(23)13-24-16-6-3-7-19-11-16/h3,6-8,10-11,14-15H,4-5,9,12-13H2,1-2H3/t15-/m0/s1. The number of likely N-dealkylation sites (tertiary alicyclic amines) is 1. The summed E-state index contributed by atoms with van der Waals surface area (Å²) in [6.45, 7) is 5.85. The third-order valence-electron chi connectivity index (χ3n) is 4.35. The molecule has 0 aromatic carbocycles. The van der Waals surface area contributed by atoms with E-state index >= 15 is 0 Å². The van der Waals surface area contributed by atoms with Gasteiger partial charge in [-0.15, -0.1) is 0 Å². The van der Waals surface area contributed by atoms with E-state index in [1.54, 1.807) is 24.5 Å². The van der Waals surface area contributed by atoms with Gasteiger partial charge in [0.05, 0.1) is 12.2 Å². The normalized spacial score (nSPS) is 18.0. The molecule has 1 atom stereocenters. The highest BCUT2D eigenvalue weighted by atomic mass is 16.5. The molecule has 0 saturated carbocycles. The Morgan fingerprint density at radius 1 is 1.42 bits per heavy atom. The van der Waals surface area contributed by atoms with Crippen LogP contribution in [0.5, 0.6) is 5.75 Å². The van der Waals surface area contributed by atoms with Crippen LogP contribution in [0.3, 0.4) is 0 Å². The van der Waals surface area contributed by atoms with Gasteiger partial charge in [-0.2, -0.15) is 0 Å². The Bertz CT molecular complexity index is 669. The molecule has 24 heavy (non-hydrogen) atoms. The number of piperidine rings is 1. The number of hydrogen-bond donors (Lipinski definition) is 0. The topological polar surface area (TPSA) is 60.2 Å². The summed E-state index contributed by atoms with van der Waals surface area (Å²) in [4.78, 5) is 22.8. The van der Waals surface area contributed by atoms with Gasteiger partial charge in [0.15, 0.2) is 6.61 Å². The van der Waals surface area contributed by atoms with Crippen molar-refractivity contribution in [2.24, 2.45) is 0 Å². The maximum Gasteiger partial charge on any atom is 0.260 e. The van der Waals surface area contributed by atoms with E-state index in [1.165, 1.54) is 0 Å². The van der Waals surface area contributed by atoms with Crippen molar-refractivity contribution in [1.29, 1.82) is 0 Å². The van der Waals surface area contributed by atoms with E-state index in [2.05, 4.69) is 28.4 Å². The number of carbonyl (C=O) groups excluding carboxylic acids is 1. The molecule has 1 fully saturated rings. The number of carbonyl (C=O) groups is 1. The summed E-state index contributed by atoms with van der Waals surface area (Å²) in [5.41, 5.74) is 0. The van der Waals surface area contributed by atoms with Gasteiger partial charge >= 0.3 is 0 Å². The minimum absolute atomic E-state index is 0.0229. The first-order valence-electron chi connectivity index (χ1n) is 8.48. The Kier molecular flexibility index (Phi) is 5.13. The number of aromatic nitrogens is 3. The maximum atomic E-state index is 12.5. The van der Waals surface area contributed by atoms with E-state index in [9.17, 15) is 4.79 Å². The van der Waals surface area contributed by atoms with Gasteiger partial charge < -0.3 is 14.2 Å². The summed E-state index contributed by atoms with van der Waals surface area (Å²) < 4.78 is 7.76. The van der Waals surface area contributed by atoms with Crippen molar-refractivity contribution in [3.8, 4) is 5.75 Å². The average Bonchev–Trinajstić information content (AvgIpc) is 3.11. The molecule has 1 saturated heterocycles. The van der Waals surface area contributed by atoms with Crippen LogP contribution >= 0.6 is 0 Å². The Morgan fingerprint density at radius 3 is 3.04 bits per heavy atom. The predicted molar refractivity (Wildman–Crippen MR) is 90.9 cm³/mol. The lowest BCUT2D eigenvalue weighted by molar-refractivity contribution is -0.135. The fourth-order valence-electron chi connectivity index (χ4n) is 3.16. The van der Waals surface area contributed by atoms with Gasteiger partial charge in [-0.05, 0) is 25.0 Å². The minimum Gasteiger partial charge on any atom is -0.482 e. The highest BCUT2D eigenvalue weighted by molar-refractivity contribution is 5.77. The molecule has 0 spiro atoms. The number of hydrogen-bond acceptors (Lipinski definition) is 4. The van der Waals surface area contributed by atoms with Gasteiger partial charge in [-0.3, -0.25) is 9.78 Å². The first-order valence-corrected chi connectivity index (χ1v) is 8.48. The van der Waals surface area contributed by atoms with Crippen LogP contribution in [0, 0.1) is 0 Å². The molecule has 1 aliphatic rings. The minimum atomic E-state index is 0.0229. The summed E-state index contributed by atoms with van der Waals surface area (Å²) in [7, 11) is 0. The van der Waals surface area contributed by atoms with Crippen LogP contribution in [-0.4, -0.2) is 45.0 Å². The predicted octanol–water partition coefficient (Wildman–Crippen LogP) is 2.64. The van der Waals surface area contributed by atoms with Crippen molar-refractivity contribution in [2.75, 3.05) is 19.7 Å².